The fraction of sp³-hybridized carbons (Fsp3) is 0.833. The van der Waals surface area contributed by atoms with Gasteiger partial charge >= 0.3 is 5.97 Å². The summed E-state index contributed by atoms with van der Waals surface area (Å²) >= 11 is 0. The van der Waals surface area contributed by atoms with Gasteiger partial charge in [-0.2, -0.15) is 0 Å². The number of carbonyl (C=O) groups is 1. The summed E-state index contributed by atoms with van der Waals surface area (Å²) in [5.74, 6) is -0.797. The van der Waals surface area contributed by atoms with E-state index in [4.69, 9.17) is 9.84 Å². The van der Waals surface area contributed by atoms with E-state index in [0.717, 1.165) is 6.54 Å². The van der Waals surface area contributed by atoms with E-state index in [1.165, 1.54) is 0 Å². The number of hydrogen-bond donors (Lipinski definition) is 2. The lowest BCUT2D eigenvalue weighted by atomic mass is 10.2. The second-order valence-corrected chi connectivity index (χ2v) is 2.29. The second kappa shape index (κ2) is 5.35. The van der Waals surface area contributed by atoms with Crippen molar-refractivity contribution in [3.05, 3.63) is 0 Å². The molecule has 11 heavy (non-hydrogen) atoms. The average Bonchev–Trinajstić information content (AvgIpc) is 1.88. The lowest BCUT2D eigenvalue weighted by molar-refractivity contribution is -0.140. The molecule has 5 heteroatoms. The Kier molecular flexibility index (Phi) is 5.19. The van der Waals surface area contributed by atoms with Crippen LogP contribution in [-0.2, 0) is 9.53 Å². The van der Waals surface area contributed by atoms with Gasteiger partial charge in [0.25, 0.3) is 0 Å². The van der Waals surface area contributed by atoms with E-state index in [2.05, 4.69) is 5.32 Å². The molecular formula is C6H12ClNO3. The van der Waals surface area contributed by atoms with Crippen molar-refractivity contribution in [3.8, 4) is 0 Å². The van der Waals surface area contributed by atoms with Gasteiger partial charge in [-0.1, -0.05) is 0 Å². The number of hydrogen-bond acceptors (Lipinski definition) is 3. The van der Waals surface area contributed by atoms with Crippen LogP contribution in [0.4, 0.5) is 0 Å². The maximum absolute atomic E-state index is 10.2. The fourth-order valence-corrected chi connectivity index (χ4v) is 0.946. The maximum Gasteiger partial charge on any atom is 0.306 e. The van der Waals surface area contributed by atoms with Gasteiger partial charge in [0.15, 0.2) is 0 Å². The van der Waals surface area contributed by atoms with Gasteiger partial charge in [-0.05, 0) is 0 Å². The molecule has 0 amide bonds. The Morgan fingerprint density at radius 2 is 2.45 bits per heavy atom. The molecule has 0 aromatic carbocycles. The zero-order valence-electron chi connectivity index (χ0n) is 6.08. The number of ether oxygens (including phenoxy) is 1. The molecule has 2 N–H and O–H groups in total. The van der Waals surface area contributed by atoms with Gasteiger partial charge in [0, 0.05) is 13.1 Å². The molecule has 1 rings (SSSR count). The third-order valence-corrected chi connectivity index (χ3v) is 1.41. The first-order chi connectivity index (χ1) is 4.79. The molecule has 1 fully saturated rings. The fourth-order valence-electron chi connectivity index (χ4n) is 0.946. The molecule has 4 nitrogen and oxygen atoms in total. The quantitative estimate of drug-likeness (QED) is 0.623. The predicted molar refractivity (Wildman–Crippen MR) is 42.1 cm³/mol. The van der Waals surface area contributed by atoms with Crippen LogP contribution in [0.3, 0.4) is 0 Å². The predicted octanol–water partition coefficient (Wildman–Crippen LogP) is -0.129. The topological polar surface area (TPSA) is 58.6 Å². The summed E-state index contributed by atoms with van der Waals surface area (Å²) in [7, 11) is 0. The van der Waals surface area contributed by atoms with E-state index in [9.17, 15) is 4.79 Å². The summed E-state index contributed by atoms with van der Waals surface area (Å²) in [5.41, 5.74) is 0. The second-order valence-electron chi connectivity index (χ2n) is 2.29. The zero-order chi connectivity index (χ0) is 7.40. The van der Waals surface area contributed by atoms with Crippen molar-refractivity contribution in [1.82, 2.24) is 5.32 Å². The van der Waals surface area contributed by atoms with Crippen molar-refractivity contribution in [2.75, 3.05) is 19.7 Å². The molecule has 1 heterocycles. The van der Waals surface area contributed by atoms with Crippen LogP contribution in [0.15, 0.2) is 0 Å². The first-order valence-electron chi connectivity index (χ1n) is 3.33. The lowest BCUT2D eigenvalue weighted by Gasteiger charge is -2.21. The van der Waals surface area contributed by atoms with Crippen LogP contribution >= 0.6 is 12.4 Å². The van der Waals surface area contributed by atoms with Gasteiger partial charge in [-0.25, -0.2) is 0 Å². The largest absolute Gasteiger partial charge is 0.481 e. The van der Waals surface area contributed by atoms with Crippen LogP contribution < -0.4 is 5.32 Å². The van der Waals surface area contributed by atoms with Gasteiger partial charge in [-0.15, -0.1) is 12.4 Å². The number of halogens is 1. The molecule has 0 radical (unpaired) electrons. The number of carboxylic acid groups (broad SMARTS) is 1. The molecule has 0 bridgehead atoms. The van der Waals surface area contributed by atoms with Crippen molar-refractivity contribution < 1.29 is 14.6 Å². The monoisotopic (exact) mass is 181 g/mol. The minimum absolute atomic E-state index is 0. The van der Waals surface area contributed by atoms with Gasteiger partial charge in [0.1, 0.15) is 0 Å². The first-order valence-corrected chi connectivity index (χ1v) is 3.33. The highest BCUT2D eigenvalue weighted by Crippen LogP contribution is 2.00. The van der Waals surface area contributed by atoms with Crippen molar-refractivity contribution in [2.45, 2.75) is 12.5 Å². The molecule has 1 atom stereocenters. The first kappa shape index (κ1) is 10.7. The summed E-state index contributed by atoms with van der Waals surface area (Å²) in [5, 5.41) is 11.4. The standard InChI is InChI=1S/C6H11NO3.ClH/c8-6(9)3-5-4-7-1-2-10-5;/h5,7H,1-4H2,(H,8,9);1H. The van der Waals surface area contributed by atoms with Gasteiger partial charge < -0.3 is 15.2 Å². The Bertz CT molecular complexity index is 125. The Labute approximate surface area is 71.3 Å². The highest BCUT2D eigenvalue weighted by molar-refractivity contribution is 5.85. The molecular weight excluding hydrogens is 170 g/mol. The van der Waals surface area contributed by atoms with Crippen LogP contribution in [0.2, 0.25) is 0 Å². The number of carboxylic acids is 1. The number of morpholine rings is 1. The van der Waals surface area contributed by atoms with E-state index in [1.54, 1.807) is 0 Å². The molecule has 0 aromatic heterocycles. The summed E-state index contributed by atoms with van der Waals surface area (Å²) < 4.78 is 5.15. The Balaban J connectivity index is 0.000001000. The summed E-state index contributed by atoms with van der Waals surface area (Å²) in [4.78, 5) is 10.2. The minimum atomic E-state index is -0.797. The molecule has 0 spiro atoms. The molecule has 1 aliphatic rings. The van der Waals surface area contributed by atoms with Crippen LogP contribution in [-0.4, -0.2) is 36.9 Å². The Morgan fingerprint density at radius 1 is 1.73 bits per heavy atom. The van der Waals surface area contributed by atoms with E-state index < -0.39 is 5.97 Å². The Morgan fingerprint density at radius 3 is 2.91 bits per heavy atom. The lowest BCUT2D eigenvalue weighted by Crippen LogP contribution is -2.39. The van der Waals surface area contributed by atoms with E-state index in [0.29, 0.717) is 13.2 Å². The zero-order valence-corrected chi connectivity index (χ0v) is 6.89. The van der Waals surface area contributed by atoms with E-state index in [1.807, 2.05) is 0 Å². The summed E-state index contributed by atoms with van der Waals surface area (Å²) in [6.45, 7) is 2.11. The summed E-state index contributed by atoms with van der Waals surface area (Å²) in [6, 6.07) is 0. The maximum atomic E-state index is 10.2. The highest BCUT2D eigenvalue weighted by atomic mass is 35.5. The van der Waals surface area contributed by atoms with Crippen molar-refractivity contribution in [1.29, 1.82) is 0 Å². The number of rotatable bonds is 2. The third-order valence-electron chi connectivity index (χ3n) is 1.41. The molecule has 1 aliphatic heterocycles. The highest BCUT2D eigenvalue weighted by Gasteiger charge is 2.15. The summed E-state index contributed by atoms with van der Waals surface area (Å²) in [6.07, 6.45) is -0.0289. The minimum Gasteiger partial charge on any atom is -0.481 e. The molecule has 1 unspecified atom stereocenters. The van der Waals surface area contributed by atoms with Crippen LogP contribution in [0.5, 0.6) is 0 Å². The van der Waals surface area contributed by atoms with Crippen LogP contribution in [0, 0.1) is 0 Å². The SMILES string of the molecule is Cl.O=C(O)CC1CNCCO1. The smallest absolute Gasteiger partial charge is 0.306 e. The van der Waals surface area contributed by atoms with Crippen molar-refractivity contribution in [2.24, 2.45) is 0 Å². The van der Waals surface area contributed by atoms with E-state index >= 15 is 0 Å². The van der Waals surface area contributed by atoms with E-state index in [-0.39, 0.29) is 24.9 Å². The molecule has 0 aromatic rings. The van der Waals surface area contributed by atoms with Crippen molar-refractivity contribution >= 4 is 18.4 Å². The molecule has 0 saturated carbocycles. The van der Waals surface area contributed by atoms with Crippen LogP contribution in [0.25, 0.3) is 0 Å². The van der Waals surface area contributed by atoms with Crippen LogP contribution in [0.1, 0.15) is 6.42 Å². The molecule has 66 valence electrons. The number of nitrogens with one attached hydrogen (secondary N) is 1. The van der Waals surface area contributed by atoms with Gasteiger partial charge in [0.2, 0.25) is 0 Å². The third kappa shape index (κ3) is 4.19. The van der Waals surface area contributed by atoms with Gasteiger partial charge in [0.05, 0.1) is 19.1 Å². The Hall–Kier alpha value is -0.320. The van der Waals surface area contributed by atoms with Crippen molar-refractivity contribution in [3.63, 3.8) is 0 Å². The molecule has 0 aliphatic carbocycles. The average molecular weight is 182 g/mol. The normalized spacial score (nSPS) is 23.8. The van der Waals surface area contributed by atoms with Gasteiger partial charge in [-0.3, -0.25) is 4.79 Å². The molecule has 1 saturated heterocycles. The number of aliphatic carboxylic acids is 1.